The van der Waals surface area contributed by atoms with Gasteiger partial charge in [-0.2, -0.15) is 12.6 Å². The minimum absolute atomic E-state index is 0.0149. The number of hydrogen-bond acceptors (Lipinski definition) is 5. The molecule has 1 unspecified atom stereocenters. The van der Waals surface area contributed by atoms with Crippen molar-refractivity contribution < 1.29 is 5.11 Å². The molecule has 2 heterocycles. The monoisotopic (exact) mass is 268 g/mol. The van der Waals surface area contributed by atoms with E-state index in [1.807, 2.05) is 6.92 Å². The SMILES string of the molecule is CC(S)[C@@H](CO)NCc1c[nH]c2c(=O)[nH]cnc12. The molecule has 2 rings (SSSR count). The number of aromatic amines is 2. The summed E-state index contributed by atoms with van der Waals surface area (Å²) in [5.74, 6) is 0. The molecule has 0 aromatic carbocycles. The minimum atomic E-state index is -0.187. The zero-order chi connectivity index (χ0) is 13.1. The molecule has 0 aliphatic rings. The third-order valence-electron chi connectivity index (χ3n) is 2.88. The topological polar surface area (TPSA) is 93.8 Å². The summed E-state index contributed by atoms with van der Waals surface area (Å²) in [6.45, 7) is 2.45. The highest BCUT2D eigenvalue weighted by Gasteiger charge is 2.14. The van der Waals surface area contributed by atoms with Crippen LogP contribution in [0.1, 0.15) is 12.5 Å². The Morgan fingerprint density at radius 1 is 1.56 bits per heavy atom. The maximum atomic E-state index is 11.5. The Morgan fingerprint density at radius 3 is 3.00 bits per heavy atom. The quantitative estimate of drug-likeness (QED) is 0.494. The van der Waals surface area contributed by atoms with Crippen molar-refractivity contribution in [2.75, 3.05) is 6.61 Å². The first-order chi connectivity index (χ1) is 8.63. The summed E-state index contributed by atoms with van der Waals surface area (Å²) in [5.41, 5.74) is 1.82. The van der Waals surface area contributed by atoms with Crippen LogP contribution < -0.4 is 10.9 Å². The molecule has 6 nitrogen and oxygen atoms in total. The second kappa shape index (κ2) is 5.55. The largest absolute Gasteiger partial charge is 0.395 e. The zero-order valence-corrected chi connectivity index (χ0v) is 10.9. The van der Waals surface area contributed by atoms with Gasteiger partial charge in [0.25, 0.3) is 5.56 Å². The second-order valence-electron chi connectivity index (χ2n) is 4.18. The van der Waals surface area contributed by atoms with Crippen molar-refractivity contribution in [2.45, 2.75) is 24.8 Å². The lowest BCUT2D eigenvalue weighted by atomic mass is 10.2. The van der Waals surface area contributed by atoms with Crippen molar-refractivity contribution in [2.24, 2.45) is 0 Å². The molecule has 2 aromatic rings. The Kier molecular flexibility index (Phi) is 4.05. The van der Waals surface area contributed by atoms with Crippen LogP contribution in [0.15, 0.2) is 17.3 Å². The van der Waals surface area contributed by atoms with E-state index in [-0.39, 0.29) is 23.5 Å². The number of fused-ring (bicyclic) bond motifs is 1. The standard InChI is InChI=1S/C11H16N4O2S/c1-6(18)8(4-16)12-2-7-3-13-10-9(7)14-5-15-11(10)17/h3,5-6,8,12-13,16,18H,2,4H2,1H3,(H,14,15,17)/t6?,8-/m1/s1. The van der Waals surface area contributed by atoms with Crippen LogP contribution in [0.2, 0.25) is 0 Å². The van der Waals surface area contributed by atoms with E-state index in [2.05, 4.69) is 32.9 Å². The van der Waals surface area contributed by atoms with Crippen molar-refractivity contribution >= 4 is 23.7 Å². The zero-order valence-electron chi connectivity index (χ0n) is 9.97. The molecule has 0 radical (unpaired) electrons. The van der Waals surface area contributed by atoms with Crippen LogP contribution in [0, 0.1) is 0 Å². The molecule has 0 spiro atoms. The Labute approximate surface area is 109 Å². The highest BCUT2D eigenvalue weighted by molar-refractivity contribution is 7.81. The lowest BCUT2D eigenvalue weighted by Crippen LogP contribution is -2.38. The summed E-state index contributed by atoms with van der Waals surface area (Å²) >= 11 is 4.29. The van der Waals surface area contributed by atoms with E-state index in [1.165, 1.54) is 6.33 Å². The van der Waals surface area contributed by atoms with E-state index < -0.39 is 0 Å². The second-order valence-corrected chi connectivity index (χ2v) is 4.99. The minimum Gasteiger partial charge on any atom is -0.395 e. The molecule has 0 aliphatic carbocycles. The number of nitrogens with zero attached hydrogens (tertiary/aromatic N) is 1. The molecule has 0 amide bonds. The number of aliphatic hydroxyl groups excluding tert-OH is 1. The third kappa shape index (κ3) is 2.58. The lowest BCUT2D eigenvalue weighted by molar-refractivity contribution is 0.241. The Morgan fingerprint density at radius 2 is 2.33 bits per heavy atom. The number of nitrogens with one attached hydrogen (secondary N) is 3. The van der Waals surface area contributed by atoms with Crippen LogP contribution in [0.4, 0.5) is 0 Å². The molecule has 18 heavy (non-hydrogen) atoms. The molecule has 0 fully saturated rings. The van der Waals surface area contributed by atoms with E-state index in [1.54, 1.807) is 6.20 Å². The fourth-order valence-electron chi connectivity index (χ4n) is 1.77. The van der Waals surface area contributed by atoms with Gasteiger partial charge in [0.15, 0.2) is 0 Å². The third-order valence-corrected chi connectivity index (χ3v) is 3.24. The number of thiol groups is 1. The van der Waals surface area contributed by atoms with E-state index in [9.17, 15) is 9.90 Å². The van der Waals surface area contributed by atoms with E-state index >= 15 is 0 Å². The van der Waals surface area contributed by atoms with Crippen LogP contribution in [-0.4, -0.2) is 38.0 Å². The highest BCUT2D eigenvalue weighted by Crippen LogP contribution is 2.12. The van der Waals surface area contributed by atoms with Crippen molar-refractivity contribution in [1.82, 2.24) is 20.3 Å². The summed E-state index contributed by atoms with van der Waals surface area (Å²) in [7, 11) is 0. The van der Waals surface area contributed by atoms with Gasteiger partial charge in [-0.25, -0.2) is 4.98 Å². The molecule has 0 bridgehead atoms. The van der Waals surface area contributed by atoms with Gasteiger partial charge < -0.3 is 20.4 Å². The first-order valence-electron chi connectivity index (χ1n) is 5.69. The first-order valence-corrected chi connectivity index (χ1v) is 6.21. The van der Waals surface area contributed by atoms with Gasteiger partial charge >= 0.3 is 0 Å². The molecule has 0 saturated carbocycles. The maximum absolute atomic E-state index is 11.5. The Bertz CT molecular complexity index is 578. The van der Waals surface area contributed by atoms with Gasteiger partial charge in [-0.15, -0.1) is 0 Å². The average Bonchev–Trinajstić information content (AvgIpc) is 2.74. The molecule has 0 saturated heterocycles. The molecule has 7 heteroatoms. The van der Waals surface area contributed by atoms with Gasteiger partial charge in [-0.05, 0) is 0 Å². The van der Waals surface area contributed by atoms with Crippen molar-refractivity contribution in [3.05, 3.63) is 28.4 Å². The first kappa shape index (κ1) is 13.1. The normalized spacial score (nSPS) is 14.8. The number of H-pyrrole nitrogens is 2. The van der Waals surface area contributed by atoms with Crippen molar-refractivity contribution in [1.29, 1.82) is 0 Å². The van der Waals surface area contributed by atoms with Gasteiger partial charge in [0.2, 0.25) is 0 Å². The molecular formula is C11H16N4O2S. The number of aromatic nitrogens is 3. The summed E-state index contributed by atoms with van der Waals surface area (Å²) in [6, 6.07) is -0.0970. The average molecular weight is 268 g/mol. The fraction of sp³-hybridized carbons (Fsp3) is 0.455. The Balaban J connectivity index is 2.18. The number of hydrogen-bond donors (Lipinski definition) is 5. The summed E-state index contributed by atoms with van der Waals surface area (Å²) < 4.78 is 0. The van der Waals surface area contributed by atoms with E-state index in [0.29, 0.717) is 17.6 Å². The van der Waals surface area contributed by atoms with Gasteiger partial charge in [-0.1, -0.05) is 6.92 Å². The van der Waals surface area contributed by atoms with Gasteiger partial charge in [0.1, 0.15) is 5.52 Å². The van der Waals surface area contributed by atoms with Crippen LogP contribution in [0.5, 0.6) is 0 Å². The molecule has 0 aliphatic heterocycles. The van der Waals surface area contributed by atoms with Crippen LogP contribution in [0.3, 0.4) is 0 Å². The number of aliphatic hydroxyl groups is 1. The van der Waals surface area contributed by atoms with E-state index in [4.69, 9.17) is 0 Å². The molecule has 4 N–H and O–H groups in total. The molecule has 2 atom stereocenters. The fourth-order valence-corrected chi connectivity index (χ4v) is 1.97. The van der Waals surface area contributed by atoms with Crippen molar-refractivity contribution in [3.63, 3.8) is 0 Å². The summed E-state index contributed by atoms with van der Waals surface area (Å²) in [5, 5.41) is 12.4. The summed E-state index contributed by atoms with van der Waals surface area (Å²) in [6.07, 6.45) is 3.13. The summed E-state index contributed by atoms with van der Waals surface area (Å²) in [4.78, 5) is 21.0. The molecular weight excluding hydrogens is 252 g/mol. The van der Waals surface area contributed by atoms with Crippen LogP contribution >= 0.6 is 12.6 Å². The number of rotatable bonds is 5. The smallest absolute Gasteiger partial charge is 0.275 e. The maximum Gasteiger partial charge on any atom is 0.275 e. The van der Waals surface area contributed by atoms with Crippen LogP contribution in [0.25, 0.3) is 11.0 Å². The molecule has 98 valence electrons. The lowest BCUT2D eigenvalue weighted by Gasteiger charge is -2.18. The predicted octanol–water partition coefficient (Wildman–Crippen LogP) is 0.0200. The van der Waals surface area contributed by atoms with Gasteiger partial charge in [0, 0.05) is 29.6 Å². The predicted molar refractivity (Wildman–Crippen MR) is 72.9 cm³/mol. The van der Waals surface area contributed by atoms with Crippen LogP contribution in [-0.2, 0) is 6.54 Å². The highest BCUT2D eigenvalue weighted by atomic mass is 32.1. The van der Waals surface area contributed by atoms with Gasteiger partial charge in [0.05, 0.1) is 18.5 Å². The molecule has 2 aromatic heterocycles. The van der Waals surface area contributed by atoms with E-state index in [0.717, 1.165) is 5.56 Å². The Hall–Kier alpha value is -1.31. The van der Waals surface area contributed by atoms with Crippen molar-refractivity contribution in [3.8, 4) is 0 Å². The van der Waals surface area contributed by atoms with Gasteiger partial charge in [-0.3, -0.25) is 4.79 Å².